The Labute approximate surface area is 173 Å². The lowest BCUT2D eigenvalue weighted by molar-refractivity contribution is -0.135. The summed E-state index contributed by atoms with van der Waals surface area (Å²) < 4.78 is 0. The van der Waals surface area contributed by atoms with E-state index in [0.29, 0.717) is 18.8 Å². The van der Waals surface area contributed by atoms with Gasteiger partial charge >= 0.3 is 6.03 Å². The molecule has 0 atom stereocenters. The molecule has 1 aliphatic heterocycles. The van der Waals surface area contributed by atoms with Gasteiger partial charge in [0.2, 0.25) is 5.91 Å². The van der Waals surface area contributed by atoms with Crippen LogP contribution in [-0.4, -0.2) is 40.9 Å². The summed E-state index contributed by atoms with van der Waals surface area (Å²) in [6, 6.07) is 5.45. The van der Waals surface area contributed by atoms with E-state index in [1.165, 1.54) is 0 Å². The number of aryl methyl sites for hydroxylation is 2. The van der Waals surface area contributed by atoms with Crippen LogP contribution in [0.3, 0.4) is 0 Å². The molecule has 0 bridgehead atoms. The van der Waals surface area contributed by atoms with Crippen LogP contribution in [-0.2, 0) is 9.59 Å². The van der Waals surface area contributed by atoms with Crippen molar-refractivity contribution in [1.29, 1.82) is 0 Å². The van der Waals surface area contributed by atoms with Gasteiger partial charge in [-0.2, -0.15) is 0 Å². The van der Waals surface area contributed by atoms with Gasteiger partial charge in [0.1, 0.15) is 12.1 Å². The molecule has 1 spiro atoms. The summed E-state index contributed by atoms with van der Waals surface area (Å²) in [5.74, 6) is 0.133. The van der Waals surface area contributed by atoms with E-state index in [2.05, 4.69) is 12.2 Å². The number of carbonyl (C=O) groups is 3. The van der Waals surface area contributed by atoms with E-state index in [0.717, 1.165) is 41.0 Å². The predicted molar refractivity (Wildman–Crippen MR) is 114 cm³/mol. The van der Waals surface area contributed by atoms with Crippen molar-refractivity contribution in [2.45, 2.75) is 78.3 Å². The first-order chi connectivity index (χ1) is 13.7. The van der Waals surface area contributed by atoms with E-state index in [4.69, 9.17) is 0 Å². The summed E-state index contributed by atoms with van der Waals surface area (Å²) in [5.41, 5.74) is 2.07. The number of imide groups is 1. The first kappa shape index (κ1) is 21.3. The maximum absolute atomic E-state index is 13.2. The van der Waals surface area contributed by atoms with Crippen LogP contribution >= 0.6 is 0 Å². The first-order valence-electron chi connectivity index (χ1n) is 10.7. The zero-order valence-electron chi connectivity index (χ0n) is 18.2. The maximum Gasteiger partial charge on any atom is 0.325 e. The lowest BCUT2D eigenvalue weighted by Gasteiger charge is -2.34. The molecular formula is C23H33N3O3. The Kier molecular flexibility index (Phi) is 6.01. The minimum Gasteiger partial charge on any atom is -0.323 e. The molecule has 0 radical (unpaired) electrons. The van der Waals surface area contributed by atoms with Crippen molar-refractivity contribution in [3.63, 3.8) is 0 Å². The molecule has 158 valence electrons. The van der Waals surface area contributed by atoms with E-state index in [-0.39, 0.29) is 24.4 Å². The molecule has 3 rings (SSSR count). The molecule has 1 saturated carbocycles. The average molecular weight is 400 g/mol. The molecular weight excluding hydrogens is 366 g/mol. The van der Waals surface area contributed by atoms with Gasteiger partial charge < -0.3 is 10.2 Å². The fraction of sp³-hybridized carbons (Fsp3) is 0.609. The second kappa shape index (κ2) is 8.17. The lowest BCUT2D eigenvalue weighted by atomic mass is 9.75. The number of amides is 4. The van der Waals surface area contributed by atoms with Crippen LogP contribution in [0.4, 0.5) is 10.5 Å². The van der Waals surface area contributed by atoms with Crippen LogP contribution in [0.2, 0.25) is 0 Å². The van der Waals surface area contributed by atoms with Crippen LogP contribution in [0, 0.1) is 19.8 Å². The van der Waals surface area contributed by atoms with Crippen molar-refractivity contribution in [2.75, 3.05) is 11.4 Å². The summed E-state index contributed by atoms with van der Waals surface area (Å²) in [6.07, 6.45) is 4.28. The monoisotopic (exact) mass is 399 g/mol. The van der Waals surface area contributed by atoms with Crippen molar-refractivity contribution in [2.24, 2.45) is 5.92 Å². The third-order valence-electron chi connectivity index (χ3n) is 6.48. The zero-order valence-corrected chi connectivity index (χ0v) is 18.2. The van der Waals surface area contributed by atoms with Crippen LogP contribution in [0.25, 0.3) is 0 Å². The van der Waals surface area contributed by atoms with Crippen molar-refractivity contribution >= 4 is 23.5 Å². The van der Waals surface area contributed by atoms with Crippen molar-refractivity contribution < 1.29 is 14.4 Å². The number of hydrogen-bond donors (Lipinski definition) is 1. The highest BCUT2D eigenvalue weighted by molar-refractivity contribution is 6.10. The molecule has 1 N–H and O–H groups in total. The molecule has 1 heterocycles. The van der Waals surface area contributed by atoms with Crippen molar-refractivity contribution in [3.8, 4) is 0 Å². The fourth-order valence-electron chi connectivity index (χ4n) is 4.63. The molecule has 29 heavy (non-hydrogen) atoms. The molecule has 0 aromatic heterocycles. The molecule has 4 amide bonds. The largest absolute Gasteiger partial charge is 0.325 e. The second-order valence-corrected chi connectivity index (χ2v) is 8.90. The molecule has 1 aromatic carbocycles. The summed E-state index contributed by atoms with van der Waals surface area (Å²) in [6.45, 7) is 9.77. The Bertz CT molecular complexity index is 810. The van der Waals surface area contributed by atoms with Gasteiger partial charge in [-0.15, -0.1) is 0 Å². The first-order valence-corrected chi connectivity index (χ1v) is 10.7. The quantitative estimate of drug-likeness (QED) is 0.763. The van der Waals surface area contributed by atoms with Gasteiger partial charge in [0.05, 0.1) is 0 Å². The summed E-state index contributed by atoms with van der Waals surface area (Å²) in [5, 5.41) is 2.91. The molecule has 6 heteroatoms. The molecule has 1 saturated heterocycles. The van der Waals surface area contributed by atoms with E-state index in [1.54, 1.807) is 4.90 Å². The topological polar surface area (TPSA) is 69.7 Å². The van der Waals surface area contributed by atoms with Crippen LogP contribution in [0.5, 0.6) is 0 Å². The Morgan fingerprint density at radius 3 is 2.48 bits per heavy atom. The normalized spacial score (nSPS) is 24.3. The molecule has 0 unspecified atom stereocenters. The van der Waals surface area contributed by atoms with E-state index in [1.807, 2.05) is 45.9 Å². The average Bonchev–Trinajstić information content (AvgIpc) is 2.89. The molecule has 1 aromatic rings. The number of urea groups is 1. The maximum atomic E-state index is 13.2. The number of nitrogens with zero attached hydrogens (tertiary/aromatic N) is 2. The Balaban J connectivity index is 1.79. The van der Waals surface area contributed by atoms with Gasteiger partial charge in [0.25, 0.3) is 5.91 Å². The number of benzene rings is 1. The van der Waals surface area contributed by atoms with Crippen molar-refractivity contribution in [1.82, 2.24) is 10.2 Å². The third kappa shape index (κ3) is 4.02. The number of anilines is 1. The minimum absolute atomic E-state index is 0.0854. The molecule has 1 aliphatic carbocycles. The van der Waals surface area contributed by atoms with E-state index in [9.17, 15) is 14.4 Å². The van der Waals surface area contributed by atoms with Crippen LogP contribution in [0.15, 0.2) is 18.2 Å². The number of carbonyl (C=O) groups excluding carboxylic acids is 3. The van der Waals surface area contributed by atoms with Crippen LogP contribution in [0.1, 0.15) is 64.0 Å². The van der Waals surface area contributed by atoms with Gasteiger partial charge in [0.15, 0.2) is 0 Å². The number of nitrogens with one attached hydrogen (secondary N) is 1. The molecule has 2 aliphatic rings. The summed E-state index contributed by atoms with van der Waals surface area (Å²) >= 11 is 0. The second-order valence-electron chi connectivity index (χ2n) is 8.90. The third-order valence-corrected chi connectivity index (χ3v) is 6.48. The minimum atomic E-state index is -0.815. The summed E-state index contributed by atoms with van der Waals surface area (Å²) in [4.78, 5) is 41.8. The van der Waals surface area contributed by atoms with Gasteiger partial charge in [-0.25, -0.2) is 4.79 Å². The SMILES string of the molecule is CCC1CCC2(CC1)NC(=O)N(CC(=O)N(c1cc(C)ccc1C)C(C)C)C2=O. The van der Waals surface area contributed by atoms with Crippen LogP contribution < -0.4 is 10.2 Å². The molecule has 2 fully saturated rings. The lowest BCUT2D eigenvalue weighted by Crippen LogP contribution is -2.50. The molecule has 6 nitrogen and oxygen atoms in total. The zero-order chi connectivity index (χ0) is 21.3. The standard InChI is InChI=1S/C23H33N3O3/c1-6-18-9-11-23(12-10-18)21(28)25(22(29)24-23)14-20(27)26(15(2)3)19-13-16(4)7-8-17(19)5/h7-8,13,15,18H,6,9-12,14H2,1-5H3,(H,24,29). The smallest absolute Gasteiger partial charge is 0.323 e. The highest BCUT2D eigenvalue weighted by Gasteiger charge is 2.52. The Morgan fingerprint density at radius 2 is 1.90 bits per heavy atom. The van der Waals surface area contributed by atoms with E-state index >= 15 is 0 Å². The van der Waals surface area contributed by atoms with Gasteiger partial charge in [0, 0.05) is 11.7 Å². The summed E-state index contributed by atoms with van der Waals surface area (Å²) in [7, 11) is 0. The number of hydrogen-bond acceptors (Lipinski definition) is 3. The van der Waals surface area contributed by atoms with E-state index < -0.39 is 11.6 Å². The fourth-order valence-corrected chi connectivity index (χ4v) is 4.63. The Morgan fingerprint density at radius 1 is 1.24 bits per heavy atom. The van der Waals surface area contributed by atoms with Gasteiger partial charge in [-0.05, 0) is 76.5 Å². The highest BCUT2D eigenvalue weighted by atomic mass is 16.2. The number of rotatable bonds is 5. The van der Waals surface area contributed by atoms with Crippen molar-refractivity contribution in [3.05, 3.63) is 29.3 Å². The van der Waals surface area contributed by atoms with Gasteiger partial charge in [-0.1, -0.05) is 25.5 Å². The van der Waals surface area contributed by atoms with Gasteiger partial charge in [-0.3, -0.25) is 14.5 Å². The highest BCUT2D eigenvalue weighted by Crippen LogP contribution is 2.37. The predicted octanol–water partition coefficient (Wildman–Crippen LogP) is 3.94. The Hall–Kier alpha value is -2.37.